The van der Waals surface area contributed by atoms with Gasteiger partial charge in [-0.25, -0.2) is 0 Å². The summed E-state index contributed by atoms with van der Waals surface area (Å²) in [4.78, 5) is 0. The molecule has 2 aromatic rings. The SMILES string of the molecule is CCCNCCc1nnc(-c2cc(C)nnc2C)s1. The van der Waals surface area contributed by atoms with Crippen molar-refractivity contribution < 1.29 is 0 Å². The minimum Gasteiger partial charge on any atom is -0.316 e. The molecular weight excluding hydrogens is 258 g/mol. The number of hydrogen-bond donors (Lipinski definition) is 1. The normalized spacial score (nSPS) is 10.9. The smallest absolute Gasteiger partial charge is 0.149 e. The van der Waals surface area contributed by atoms with Gasteiger partial charge in [-0.05, 0) is 32.9 Å². The van der Waals surface area contributed by atoms with E-state index in [1.54, 1.807) is 11.3 Å². The maximum atomic E-state index is 4.26. The molecule has 0 bridgehead atoms. The van der Waals surface area contributed by atoms with Gasteiger partial charge in [-0.3, -0.25) is 0 Å². The van der Waals surface area contributed by atoms with Crippen molar-refractivity contribution in [3.63, 3.8) is 0 Å². The zero-order valence-corrected chi connectivity index (χ0v) is 12.4. The average Bonchev–Trinajstić information content (AvgIpc) is 2.86. The lowest BCUT2D eigenvalue weighted by molar-refractivity contribution is 0.668. The molecular formula is C13H19N5S. The maximum Gasteiger partial charge on any atom is 0.149 e. The van der Waals surface area contributed by atoms with Crippen molar-refractivity contribution in [1.29, 1.82) is 0 Å². The van der Waals surface area contributed by atoms with Crippen molar-refractivity contribution in [2.45, 2.75) is 33.6 Å². The predicted molar refractivity (Wildman–Crippen MR) is 77.3 cm³/mol. The number of aryl methyl sites for hydroxylation is 2. The van der Waals surface area contributed by atoms with Crippen LogP contribution in [0.4, 0.5) is 0 Å². The summed E-state index contributed by atoms with van der Waals surface area (Å²) in [5.41, 5.74) is 2.84. The first-order valence-electron chi connectivity index (χ1n) is 6.55. The van der Waals surface area contributed by atoms with Crippen LogP contribution in [0.5, 0.6) is 0 Å². The first-order valence-corrected chi connectivity index (χ1v) is 7.36. The van der Waals surface area contributed by atoms with E-state index in [0.717, 1.165) is 52.9 Å². The Balaban J connectivity index is 2.06. The molecule has 19 heavy (non-hydrogen) atoms. The van der Waals surface area contributed by atoms with E-state index in [4.69, 9.17) is 0 Å². The topological polar surface area (TPSA) is 63.6 Å². The number of hydrogen-bond acceptors (Lipinski definition) is 6. The van der Waals surface area contributed by atoms with Crippen LogP contribution >= 0.6 is 11.3 Å². The van der Waals surface area contributed by atoms with Gasteiger partial charge in [0.15, 0.2) is 0 Å². The van der Waals surface area contributed by atoms with Crippen LogP contribution in [0.1, 0.15) is 29.7 Å². The Morgan fingerprint density at radius 3 is 2.74 bits per heavy atom. The number of nitrogens with one attached hydrogen (secondary N) is 1. The van der Waals surface area contributed by atoms with Gasteiger partial charge in [0.05, 0.1) is 11.4 Å². The third-order valence-corrected chi connectivity index (χ3v) is 3.76. The molecule has 2 heterocycles. The number of rotatable bonds is 6. The molecule has 1 N–H and O–H groups in total. The molecule has 0 fully saturated rings. The molecule has 0 saturated heterocycles. The fraction of sp³-hybridized carbons (Fsp3) is 0.538. The third kappa shape index (κ3) is 3.78. The van der Waals surface area contributed by atoms with Gasteiger partial charge in [0.1, 0.15) is 10.0 Å². The van der Waals surface area contributed by atoms with E-state index in [1.165, 1.54) is 0 Å². The Bertz CT molecular complexity index is 538. The Hall–Kier alpha value is -1.40. The van der Waals surface area contributed by atoms with Crippen LogP contribution < -0.4 is 5.32 Å². The van der Waals surface area contributed by atoms with Crippen LogP contribution in [0.25, 0.3) is 10.6 Å². The minimum absolute atomic E-state index is 0.900. The first-order chi connectivity index (χ1) is 9.20. The van der Waals surface area contributed by atoms with Gasteiger partial charge in [-0.15, -0.1) is 10.2 Å². The lowest BCUT2D eigenvalue weighted by Crippen LogP contribution is -2.17. The van der Waals surface area contributed by atoms with Gasteiger partial charge in [0.25, 0.3) is 0 Å². The number of aromatic nitrogens is 4. The molecule has 0 radical (unpaired) electrons. The largest absolute Gasteiger partial charge is 0.316 e. The van der Waals surface area contributed by atoms with Gasteiger partial charge < -0.3 is 5.32 Å². The molecule has 0 aliphatic carbocycles. The van der Waals surface area contributed by atoms with Crippen LogP contribution in [0.3, 0.4) is 0 Å². The zero-order valence-electron chi connectivity index (χ0n) is 11.6. The molecule has 0 amide bonds. The summed E-state index contributed by atoms with van der Waals surface area (Å²) in [6, 6.07) is 2.02. The Morgan fingerprint density at radius 2 is 1.95 bits per heavy atom. The standard InChI is InChI=1S/C13H19N5S/c1-4-6-14-7-5-12-17-18-13(19-12)11-8-9(2)15-16-10(11)3/h8,14H,4-7H2,1-3H3. The van der Waals surface area contributed by atoms with Gasteiger partial charge in [0, 0.05) is 18.5 Å². The van der Waals surface area contributed by atoms with E-state index in [9.17, 15) is 0 Å². The Labute approximate surface area is 117 Å². The fourth-order valence-electron chi connectivity index (χ4n) is 1.73. The summed E-state index contributed by atoms with van der Waals surface area (Å²) in [5, 5.41) is 22.0. The zero-order chi connectivity index (χ0) is 13.7. The van der Waals surface area contributed by atoms with Crippen molar-refractivity contribution in [3.05, 3.63) is 22.5 Å². The highest BCUT2D eigenvalue weighted by molar-refractivity contribution is 7.14. The monoisotopic (exact) mass is 277 g/mol. The lowest BCUT2D eigenvalue weighted by atomic mass is 10.2. The maximum absolute atomic E-state index is 4.26. The molecule has 0 aliphatic rings. The summed E-state index contributed by atoms with van der Waals surface area (Å²) < 4.78 is 0. The van der Waals surface area contributed by atoms with E-state index < -0.39 is 0 Å². The molecule has 0 aromatic carbocycles. The second-order valence-corrected chi connectivity index (χ2v) is 5.55. The molecule has 2 rings (SSSR count). The molecule has 0 saturated carbocycles. The van der Waals surface area contributed by atoms with Crippen molar-refractivity contribution in [3.8, 4) is 10.6 Å². The predicted octanol–water partition coefficient (Wildman–Crippen LogP) is 2.15. The third-order valence-electron chi connectivity index (χ3n) is 2.74. The lowest BCUT2D eigenvalue weighted by Gasteiger charge is -2.00. The van der Waals surface area contributed by atoms with Crippen LogP contribution in [-0.4, -0.2) is 33.5 Å². The quantitative estimate of drug-likeness (QED) is 0.820. The van der Waals surface area contributed by atoms with Crippen LogP contribution in [0.2, 0.25) is 0 Å². The van der Waals surface area contributed by atoms with Gasteiger partial charge in [0.2, 0.25) is 0 Å². The molecule has 102 valence electrons. The summed E-state index contributed by atoms with van der Waals surface area (Å²) in [6.45, 7) is 8.06. The Kier molecular flexibility index (Phi) is 4.93. The van der Waals surface area contributed by atoms with Crippen molar-refractivity contribution in [2.75, 3.05) is 13.1 Å². The van der Waals surface area contributed by atoms with E-state index in [-0.39, 0.29) is 0 Å². The molecule has 0 aliphatic heterocycles. The van der Waals surface area contributed by atoms with Crippen molar-refractivity contribution in [1.82, 2.24) is 25.7 Å². The summed E-state index contributed by atoms with van der Waals surface area (Å²) in [7, 11) is 0. The fourth-order valence-corrected chi connectivity index (χ4v) is 2.63. The second-order valence-electron chi connectivity index (χ2n) is 4.49. The van der Waals surface area contributed by atoms with Crippen LogP contribution in [0.15, 0.2) is 6.07 Å². The van der Waals surface area contributed by atoms with E-state index in [1.807, 2.05) is 19.9 Å². The summed E-state index contributed by atoms with van der Waals surface area (Å²) in [5.74, 6) is 0. The van der Waals surface area contributed by atoms with Crippen LogP contribution in [-0.2, 0) is 6.42 Å². The van der Waals surface area contributed by atoms with E-state index in [0.29, 0.717) is 0 Å². The highest BCUT2D eigenvalue weighted by atomic mass is 32.1. The molecule has 2 aromatic heterocycles. The molecule has 0 unspecified atom stereocenters. The first kappa shape index (κ1) is 14.0. The summed E-state index contributed by atoms with van der Waals surface area (Å²) >= 11 is 1.64. The molecule has 0 atom stereocenters. The highest BCUT2D eigenvalue weighted by Gasteiger charge is 2.10. The second kappa shape index (κ2) is 6.68. The highest BCUT2D eigenvalue weighted by Crippen LogP contribution is 2.25. The number of nitrogens with zero attached hydrogens (tertiary/aromatic N) is 4. The van der Waals surface area contributed by atoms with Gasteiger partial charge >= 0.3 is 0 Å². The van der Waals surface area contributed by atoms with E-state index >= 15 is 0 Å². The Morgan fingerprint density at radius 1 is 1.11 bits per heavy atom. The van der Waals surface area contributed by atoms with Gasteiger partial charge in [-0.2, -0.15) is 10.2 Å². The molecule has 5 nitrogen and oxygen atoms in total. The van der Waals surface area contributed by atoms with Crippen LogP contribution in [0, 0.1) is 13.8 Å². The molecule has 6 heteroatoms. The summed E-state index contributed by atoms with van der Waals surface area (Å²) in [6.07, 6.45) is 2.08. The van der Waals surface area contributed by atoms with E-state index in [2.05, 4.69) is 32.6 Å². The minimum atomic E-state index is 0.900. The average molecular weight is 277 g/mol. The van der Waals surface area contributed by atoms with Crippen molar-refractivity contribution >= 4 is 11.3 Å². The van der Waals surface area contributed by atoms with Gasteiger partial charge in [-0.1, -0.05) is 18.3 Å². The molecule has 0 spiro atoms. The van der Waals surface area contributed by atoms with Crippen molar-refractivity contribution in [2.24, 2.45) is 0 Å².